The first kappa shape index (κ1) is 14.0. The van der Waals surface area contributed by atoms with Gasteiger partial charge in [0.25, 0.3) is 0 Å². The molecule has 0 aromatic carbocycles. The van der Waals surface area contributed by atoms with Crippen LogP contribution in [-0.4, -0.2) is 43.0 Å². The molecule has 0 bridgehead atoms. The highest BCUT2D eigenvalue weighted by Gasteiger charge is 2.38. The van der Waals surface area contributed by atoms with Crippen LogP contribution in [0.15, 0.2) is 24.5 Å². The summed E-state index contributed by atoms with van der Waals surface area (Å²) < 4.78 is 11.5. The monoisotopic (exact) mass is 276 g/mol. The lowest BCUT2D eigenvalue weighted by molar-refractivity contribution is -0.140. The van der Waals surface area contributed by atoms with Gasteiger partial charge < -0.3 is 14.8 Å². The Balaban J connectivity index is 1.45. The summed E-state index contributed by atoms with van der Waals surface area (Å²) in [6, 6.07) is 4.72. The molecule has 2 fully saturated rings. The van der Waals surface area contributed by atoms with Crippen LogP contribution in [0.5, 0.6) is 0 Å². The minimum absolute atomic E-state index is 0.0858. The van der Waals surface area contributed by atoms with E-state index in [1.165, 1.54) is 5.56 Å². The highest BCUT2D eigenvalue weighted by Crippen LogP contribution is 2.34. The Morgan fingerprint density at radius 3 is 3.00 bits per heavy atom. The molecule has 1 aromatic heterocycles. The maximum atomic E-state index is 6.07. The largest absolute Gasteiger partial charge is 0.381 e. The van der Waals surface area contributed by atoms with Gasteiger partial charge in [-0.05, 0) is 50.3 Å². The first-order chi connectivity index (χ1) is 9.86. The highest BCUT2D eigenvalue weighted by molar-refractivity contribution is 5.08. The summed E-state index contributed by atoms with van der Waals surface area (Å²) in [5.74, 6) is 0. The van der Waals surface area contributed by atoms with Crippen molar-refractivity contribution in [2.75, 3.05) is 26.4 Å². The minimum atomic E-state index is 0.0858. The normalized spacial score (nSPS) is 25.7. The zero-order valence-corrected chi connectivity index (χ0v) is 12.0. The minimum Gasteiger partial charge on any atom is -0.381 e. The Bertz CT molecular complexity index is 399. The number of aromatic nitrogens is 1. The van der Waals surface area contributed by atoms with E-state index in [-0.39, 0.29) is 5.60 Å². The van der Waals surface area contributed by atoms with Gasteiger partial charge >= 0.3 is 0 Å². The van der Waals surface area contributed by atoms with Gasteiger partial charge in [-0.2, -0.15) is 0 Å². The molecule has 1 N–H and O–H groups in total. The zero-order chi connectivity index (χ0) is 13.7. The van der Waals surface area contributed by atoms with Crippen LogP contribution in [0, 0.1) is 0 Å². The van der Waals surface area contributed by atoms with Gasteiger partial charge in [0, 0.05) is 38.3 Å². The van der Waals surface area contributed by atoms with Crippen molar-refractivity contribution < 1.29 is 9.47 Å². The van der Waals surface area contributed by atoms with Crippen molar-refractivity contribution in [1.82, 2.24) is 10.3 Å². The third kappa shape index (κ3) is 3.57. The van der Waals surface area contributed by atoms with Crippen LogP contribution in [0.3, 0.4) is 0 Å². The summed E-state index contributed by atoms with van der Waals surface area (Å²) in [5.41, 5.74) is 1.38. The second kappa shape index (κ2) is 6.66. The Labute approximate surface area is 120 Å². The molecule has 1 unspecified atom stereocenters. The van der Waals surface area contributed by atoms with Gasteiger partial charge in [-0.25, -0.2) is 0 Å². The maximum Gasteiger partial charge on any atom is 0.0741 e. The number of pyridine rings is 1. The lowest BCUT2D eigenvalue weighted by Crippen LogP contribution is -2.50. The summed E-state index contributed by atoms with van der Waals surface area (Å²) in [6.45, 7) is 3.60. The number of hydrogen-bond acceptors (Lipinski definition) is 4. The fourth-order valence-corrected chi connectivity index (χ4v) is 3.26. The molecule has 0 saturated carbocycles. The van der Waals surface area contributed by atoms with E-state index < -0.39 is 0 Å². The Hall–Kier alpha value is -0.970. The number of hydrogen-bond donors (Lipinski definition) is 1. The molecule has 1 spiro atoms. The lowest BCUT2D eigenvalue weighted by Gasteiger charge is -2.43. The number of rotatable bonds is 4. The van der Waals surface area contributed by atoms with Gasteiger partial charge in [-0.3, -0.25) is 4.98 Å². The van der Waals surface area contributed by atoms with Crippen molar-refractivity contribution in [3.63, 3.8) is 0 Å². The third-order valence-electron chi connectivity index (χ3n) is 4.47. The van der Waals surface area contributed by atoms with Crippen LogP contribution < -0.4 is 5.32 Å². The topological polar surface area (TPSA) is 43.4 Å². The molecule has 3 rings (SSSR count). The third-order valence-corrected chi connectivity index (χ3v) is 4.47. The molecular formula is C16H24N2O2. The van der Waals surface area contributed by atoms with E-state index in [1.54, 1.807) is 0 Å². The molecule has 1 atom stereocenters. The SMILES string of the molecule is c1cncc(CCNC2CCOC3(CCOCC3)C2)c1. The molecule has 2 aliphatic rings. The van der Waals surface area contributed by atoms with E-state index >= 15 is 0 Å². The van der Waals surface area contributed by atoms with Crippen molar-refractivity contribution in [2.45, 2.75) is 43.7 Å². The van der Waals surface area contributed by atoms with E-state index in [0.29, 0.717) is 6.04 Å². The number of nitrogens with zero attached hydrogens (tertiary/aromatic N) is 1. The predicted octanol–water partition coefficient (Wildman–Crippen LogP) is 1.94. The molecule has 2 saturated heterocycles. The molecule has 3 heterocycles. The Morgan fingerprint density at radius 1 is 1.30 bits per heavy atom. The van der Waals surface area contributed by atoms with Crippen LogP contribution >= 0.6 is 0 Å². The van der Waals surface area contributed by atoms with E-state index in [0.717, 1.165) is 58.5 Å². The number of nitrogens with one attached hydrogen (secondary N) is 1. The molecule has 0 radical (unpaired) electrons. The van der Waals surface area contributed by atoms with Crippen LogP contribution in [0.25, 0.3) is 0 Å². The van der Waals surface area contributed by atoms with E-state index in [2.05, 4.69) is 16.4 Å². The summed E-state index contributed by atoms with van der Waals surface area (Å²) in [7, 11) is 0. The zero-order valence-electron chi connectivity index (χ0n) is 12.0. The molecule has 20 heavy (non-hydrogen) atoms. The fourth-order valence-electron chi connectivity index (χ4n) is 3.26. The molecule has 1 aromatic rings. The molecule has 0 aliphatic carbocycles. The van der Waals surface area contributed by atoms with Gasteiger partial charge in [0.15, 0.2) is 0 Å². The molecule has 110 valence electrons. The van der Waals surface area contributed by atoms with Crippen molar-refractivity contribution in [1.29, 1.82) is 0 Å². The Morgan fingerprint density at radius 2 is 2.20 bits per heavy atom. The van der Waals surface area contributed by atoms with Gasteiger partial charge in [-0.15, -0.1) is 0 Å². The molecule has 4 heteroatoms. The lowest BCUT2D eigenvalue weighted by atomic mass is 9.84. The summed E-state index contributed by atoms with van der Waals surface area (Å²) >= 11 is 0. The first-order valence-electron chi connectivity index (χ1n) is 7.70. The number of ether oxygens (including phenoxy) is 2. The summed E-state index contributed by atoms with van der Waals surface area (Å²) in [5, 5.41) is 3.69. The second-order valence-corrected chi connectivity index (χ2v) is 5.90. The highest BCUT2D eigenvalue weighted by atomic mass is 16.5. The molecular weight excluding hydrogens is 252 g/mol. The molecule has 0 amide bonds. The molecule has 4 nitrogen and oxygen atoms in total. The van der Waals surface area contributed by atoms with Crippen LogP contribution in [0.4, 0.5) is 0 Å². The van der Waals surface area contributed by atoms with Gasteiger partial charge in [0.2, 0.25) is 0 Å². The predicted molar refractivity (Wildman–Crippen MR) is 77.7 cm³/mol. The summed E-state index contributed by atoms with van der Waals surface area (Å²) in [4.78, 5) is 4.16. The van der Waals surface area contributed by atoms with Crippen LogP contribution in [0.2, 0.25) is 0 Å². The van der Waals surface area contributed by atoms with E-state index in [9.17, 15) is 0 Å². The second-order valence-electron chi connectivity index (χ2n) is 5.90. The van der Waals surface area contributed by atoms with Gasteiger partial charge in [0.05, 0.1) is 5.60 Å². The molecule has 2 aliphatic heterocycles. The van der Waals surface area contributed by atoms with Gasteiger partial charge in [-0.1, -0.05) is 6.07 Å². The van der Waals surface area contributed by atoms with Crippen molar-refractivity contribution in [3.8, 4) is 0 Å². The first-order valence-corrected chi connectivity index (χ1v) is 7.70. The van der Waals surface area contributed by atoms with Crippen molar-refractivity contribution >= 4 is 0 Å². The average Bonchev–Trinajstić information content (AvgIpc) is 2.49. The van der Waals surface area contributed by atoms with Gasteiger partial charge in [0.1, 0.15) is 0 Å². The maximum absolute atomic E-state index is 6.07. The van der Waals surface area contributed by atoms with E-state index in [4.69, 9.17) is 9.47 Å². The van der Waals surface area contributed by atoms with Crippen LogP contribution in [0.1, 0.15) is 31.2 Å². The quantitative estimate of drug-likeness (QED) is 0.913. The standard InChI is InChI=1S/C16H24N2O2/c1-2-14(13-17-7-1)3-8-18-15-4-9-20-16(12-15)5-10-19-11-6-16/h1-2,7,13,15,18H,3-6,8-12H2. The smallest absolute Gasteiger partial charge is 0.0741 e. The fraction of sp³-hybridized carbons (Fsp3) is 0.688. The average molecular weight is 276 g/mol. The summed E-state index contributed by atoms with van der Waals surface area (Å²) in [6.07, 6.45) is 9.16. The Kier molecular flexibility index (Phi) is 4.65. The van der Waals surface area contributed by atoms with Crippen molar-refractivity contribution in [3.05, 3.63) is 30.1 Å². The van der Waals surface area contributed by atoms with Crippen LogP contribution in [-0.2, 0) is 15.9 Å². The van der Waals surface area contributed by atoms with Crippen molar-refractivity contribution in [2.24, 2.45) is 0 Å². The van der Waals surface area contributed by atoms with E-state index in [1.807, 2.05) is 18.5 Å².